The van der Waals surface area contributed by atoms with Crippen molar-refractivity contribution < 1.29 is 4.79 Å². The minimum absolute atomic E-state index is 0.122. The van der Waals surface area contributed by atoms with E-state index in [1.165, 1.54) is 0 Å². The van der Waals surface area contributed by atoms with Crippen LogP contribution in [0.5, 0.6) is 0 Å². The number of carbonyl (C=O) groups is 1. The molecule has 104 valence electrons. The molecule has 20 heavy (non-hydrogen) atoms. The van der Waals surface area contributed by atoms with Crippen molar-refractivity contribution in [3.05, 3.63) is 63.6 Å². The lowest BCUT2D eigenvalue weighted by atomic mass is 10.2. The van der Waals surface area contributed by atoms with E-state index < -0.39 is 0 Å². The van der Waals surface area contributed by atoms with Gasteiger partial charge in [-0.3, -0.25) is 4.79 Å². The van der Waals surface area contributed by atoms with Crippen LogP contribution in [0, 0.1) is 0 Å². The summed E-state index contributed by atoms with van der Waals surface area (Å²) < 4.78 is 0. The third-order valence-corrected chi connectivity index (χ3v) is 4.14. The Bertz CT molecular complexity index is 614. The number of hydrogen-bond donors (Lipinski definition) is 1. The number of rotatable bonds is 4. The van der Waals surface area contributed by atoms with Gasteiger partial charge in [-0.1, -0.05) is 29.3 Å². The Kier molecular flexibility index (Phi) is 5.35. The molecule has 0 radical (unpaired) electrons. The van der Waals surface area contributed by atoms with E-state index in [2.05, 4.69) is 5.32 Å². The number of hydrogen-bond acceptors (Lipinski definition) is 2. The van der Waals surface area contributed by atoms with Crippen LogP contribution < -0.4 is 5.32 Å². The summed E-state index contributed by atoms with van der Waals surface area (Å²) in [6, 6.07) is 12.7. The average molecular weight is 326 g/mol. The minimum atomic E-state index is -0.122. The first-order valence-electron chi connectivity index (χ1n) is 5.96. The number of thioether (sulfide) groups is 1. The molecule has 0 fully saturated rings. The monoisotopic (exact) mass is 325 g/mol. The van der Waals surface area contributed by atoms with Crippen LogP contribution in [-0.4, -0.2) is 12.2 Å². The third-order valence-electron chi connectivity index (χ3n) is 2.81. The standard InChI is InChI=1S/C15H13Cl2NOS/c1-20-13-6-3-10(4-7-13)15(19)18-9-11-2-5-12(16)8-14(11)17/h2-8H,9H2,1H3,(H,18,19). The van der Waals surface area contributed by atoms with Crippen molar-refractivity contribution >= 4 is 40.9 Å². The second-order valence-electron chi connectivity index (χ2n) is 4.15. The Morgan fingerprint density at radius 1 is 1.15 bits per heavy atom. The van der Waals surface area contributed by atoms with Crippen LogP contribution in [-0.2, 0) is 6.54 Å². The van der Waals surface area contributed by atoms with E-state index in [0.717, 1.165) is 10.5 Å². The molecule has 0 saturated carbocycles. The van der Waals surface area contributed by atoms with Crippen LogP contribution in [0.3, 0.4) is 0 Å². The molecule has 0 aliphatic rings. The highest BCUT2D eigenvalue weighted by Gasteiger charge is 2.07. The molecular formula is C15H13Cl2NOS. The average Bonchev–Trinajstić information content (AvgIpc) is 2.46. The van der Waals surface area contributed by atoms with E-state index in [1.54, 1.807) is 23.9 Å². The van der Waals surface area contributed by atoms with Gasteiger partial charge in [0.1, 0.15) is 0 Å². The van der Waals surface area contributed by atoms with Gasteiger partial charge in [0.05, 0.1) is 0 Å². The van der Waals surface area contributed by atoms with E-state index in [1.807, 2.05) is 36.6 Å². The van der Waals surface area contributed by atoms with Gasteiger partial charge in [-0.25, -0.2) is 0 Å². The van der Waals surface area contributed by atoms with Gasteiger partial charge in [-0.2, -0.15) is 0 Å². The van der Waals surface area contributed by atoms with Gasteiger partial charge in [-0.05, 0) is 48.2 Å². The van der Waals surface area contributed by atoms with E-state index in [9.17, 15) is 4.79 Å². The van der Waals surface area contributed by atoms with Gasteiger partial charge in [-0.15, -0.1) is 11.8 Å². The molecule has 0 aromatic heterocycles. The lowest BCUT2D eigenvalue weighted by Gasteiger charge is -2.08. The molecule has 1 amide bonds. The fourth-order valence-corrected chi connectivity index (χ4v) is 2.57. The Labute approximate surface area is 132 Å². The smallest absolute Gasteiger partial charge is 0.251 e. The lowest BCUT2D eigenvalue weighted by Crippen LogP contribution is -2.22. The van der Waals surface area contributed by atoms with E-state index in [4.69, 9.17) is 23.2 Å². The Balaban J connectivity index is 2.00. The van der Waals surface area contributed by atoms with Crippen molar-refractivity contribution in [2.24, 2.45) is 0 Å². The summed E-state index contributed by atoms with van der Waals surface area (Å²) in [6.07, 6.45) is 2.00. The normalized spacial score (nSPS) is 10.3. The van der Waals surface area contributed by atoms with E-state index >= 15 is 0 Å². The fourth-order valence-electron chi connectivity index (χ4n) is 1.69. The summed E-state index contributed by atoms with van der Waals surface area (Å²) in [4.78, 5) is 13.1. The van der Waals surface area contributed by atoms with Crippen molar-refractivity contribution in [3.63, 3.8) is 0 Å². The predicted octanol–water partition coefficient (Wildman–Crippen LogP) is 4.65. The molecule has 0 aliphatic heterocycles. The fraction of sp³-hybridized carbons (Fsp3) is 0.133. The summed E-state index contributed by atoms with van der Waals surface area (Å²) in [6.45, 7) is 0.374. The van der Waals surface area contributed by atoms with Crippen molar-refractivity contribution in [1.82, 2.24) is 5.32 Å². The summed E-state index contributed by atoms with van der Waals surface area (Å²) >= 11 is 13.5. The number of halogens is 2. The highest BCUT2D eigenvalue weighted by Crippen LogP contribution is 2.21. The number of benzene rings is 2. The van der Waals surface area contributed by atoms with Crippen LogP contribution in [0.25, 0.3) is 0 Å². The summed E-state index contributed by atoms with van der Waals surface area (Å²) in [5.41, 5.74) is 1.47. The molecule has 2 nitrogen and oxygen atoms in total. The van der Waals surface area contributed by atoms with Crippen LogP contribution in [0.1, 0.15) is 15.9 Å². The molecule has 0 aliphatic carbocycles. The highest BCUT2D eigenvalue weighted by molar-refractivity contribution is 7.98. The first-order chi connectivity index (χ1) is 9.60. The number of carbonyl (C=O) groups excluding carboxylic acids is 1. The molecule has 0 saturated heterocycles. The van der Waals surface area contributed by atoms with Crippen molar-refractivity contribution in [1.29, 1.82) is 0 Å². The van der Waals surface area contributed by atoms with Gasteiger partial charge in [0, 0.05) is 27.0 Å². The molecule has 0 bridgehead atoms. The van der Waals surface area contributed by atoms with Crippen LogP contribution in [0.2, 0.25) is 10.0 Å². The SMILES string of the molecule is CSc1ccc(C(=O)NCc2ccc(Cl)cc2Cl)cc1. The van der Waals surface area contributed by atoms with Crippen molar-refractivity contribution in [2.75, 3.05) is 6.26 Å². The Hall–Kier alpha value is -1.16. The molecule has 2 rings (SSSR count). The van der Waals surface area contributed by atoms with Gasteiger partial charge in [0.15, 0.2) is 0 Å². The molecule has 0 unspecified atom stereocenters. The van der Waals surface area contributed by atoms with Gasteiger partial charge in [0.2, 0.25) is 0 Å². The zero-order valence-corrected chi connectivity index (χ0v) is 13.1. The van der Waals surface area contributed by atoms with Crippen LogP contribution in [0.15, 0.2) is 47.4 Å². The molecule has 0 heterocycles. The highest BCUT2D eigenvalue weighted by atomic mass is 35.5. The van der Waals surface area contributed by atoms with Crippen molar-refractivity contribution in [2.45, 2.75) is 11.4 Å². The maximum absolute atomic E-state index is 12.0. The lowest BCUT2D eigenvalue weighted by molar-refractivity contribution is 0.0951. The number of amides is 1. The molecule has 0 atom stereocenters. The quantitative estimate of drug-likeness (QED) is 0.829. The molecule has 5 heteroatoms. The molecule has 0 spiro atoms. The third kappa shape index (κ3) is 3.92. The van der Waals surface area contributed by atoms with Crippen molar-refractivity contribution in [3.8, 4) is 0 Å². The van der Waals surface area contributed by atoms with E-state index in [-0.39, 0.29) is 5.91 Å². The summed E-state index contributed by atoms with van der Waals surface area (Å²) in [5, 5.41) is 3.97. The maximum atomic E-state index is 12.0. The van der Waals surface area contributed by atoms with Crippen LogP contribution in [0.4, 0.5) is 0 Å². The summed E-state index contributed by atoms with van der Waals surface area (Å²) in [5.74, 6) is -0.122. The van der Waals surface area contributed by atoms with Gasteiger partial charge in [0.25, 0.3) is 5.91 Å². The molecule has 2 aromatic carbocycles. The summed E-state index contributed by atoms with van der Waals surface area (Å²) in [7, 11) is 0. The number of nitrogens with one attached hydrogen (secondary N) is 1. The first-order valence-corrected chi connectivity index (χ1v) is 7.94. The zero-order chi connectivity index (χ0) is 14.5. The molecule has 1 N–H and O–H groups in total. The second-order valence-corrected chi connectivity index (χ2v) is 5.87. The molecular weight excluding hydrogens is 313 g/mol. The van der Waals surface area contributed by atoms with Gasteiger partial charge >= 0.3 is 0 Å². The van der Waals surface area contributed by atoms with Crippen LogP contribution >= 0.6 is 35.0 Å². The van der Waals surface area contributed by atoms with E-state index in [0.29, 0.717) is 22.2 Å². The first kappa shape index (κ1) is 15.2. The predicted molar refractivity (Wildman–Crippen MR) is 85.9 cm³/mol. The zero-order valence-electron chi connectivity index (χ0n) is 10.8. The second kappa shape index (κ2) is 7.02. The van der Waals surface area contributed by atoms with Gasteiger partial charge < -0.3 is 5.32 Å². The minimum Gasteiger partial charge on any atom is -0.348 e. The maximum Gasteiger partial charge on any atom is 0.251 e. The Morgan fingerprint density at radius 2 is 1.85 bits per heavy atom. The molecule has 2 aromatic rings. The Morgan fingerprint density at radius 3 is 2.45 bits per heavy atom. The largest absolute Gasteiger partial charge is 0.348 e. The topological polar surface area (TPSA) is 29.1 Å².